The summed E-state index contributed by atoms with van der Waals surface area (Å²) in [5.74, 6) is 2.89. The van der Waals surface area contributed by atoms with Crippen molar-refractivity contribution in [3.8, 4) is 0 Å². The Kier molecular flexibility index (Phi) is 10.4. The zero-order valence-electron chi connectivity index (χ0n) is 19.1. The summed E-state index contributed by atoms with van der Waals surface area (Å²) in [7, 11) is 0. The van der Waals surface area contributed by atoms with Crippen LogP contribution in [0, 0.1) is 6.92 Å². The van der Waals surface area contributed by atoms with E-state index in [0.29, 0.717) is 0 Å². The van der Waals surface area contributed by atoms with Crippen LogP contribution in [0.25, 0.3) is 0 Å². The van der Waals surface area contributed by atoms with Crippen LogP contribution in [0.15, 0.2) is 21.5 Å². The van der Waals surface area contributed by atoms with E-state index >= 15 is 0 Å². The number of aryl methyl sites for hydroxylation is 1. The third-order valence-electron chi connectivity index (χ3n) is 5.97. The van der Waals surface area contributed by atoms with Crippen LogP contribution >= 0.6 is 24.0 Å². The highest BCUT2D eigenvalue weighted by atomic mass is 127. The molecule has 2 aliphatic heterocycles. The molecule has 0 bridgehead atoms. The molecule has 2 saturated heterocycles. The summed E-state index contributed by atoms with van der Waals surface area (Å²) in [6.07, 6.45) is 2.52. The molecular formula is C22H40IN5O2. The van der Waals surface area contributed by atoms with E-state index in [1.54, 1.807) is 0 Å². The Morgan fingerprint density at radius 3 is 2.43 bits per heavy atom. The molecule has 1 aromatic heterocycles. The number of likely N-dealkylation sites (tertiary alicyclic amines) is 1. The van der Waals surface area contributed by atoms with Gasteiger partial charge in [-0.1, -0.05) is 0 Å². The maximum absolute atomic E-state index is 5.98. The molecule has 7 nitrogen and oxygen atoms in total. The van der Waals surface area contributed by atoms with Gasteiger partial charge in [0.2, 0.25) is 0 Å². The number of ether oxygens (including phenoxy) is 1. The van der Waals surface area contributed by atoms with E-state index in [2.05, 4.69) is 53.3 Å². The third-order valence-corrected chi connectivity index (χ3v) is 5.97. The lowest BCUT2D eigenvalue weighted by Gasteiger charge is -2.40. The number of furan rings is 1. The molecule has 2 N–H and O–H groups in total. The van der Waals surface area contributed by atoms with Gasteiger partial charge in [-0.15, -0.1) is 24.0 Å². The first-order valence-corrected chi connectivity index (χ1v) is 11.1. The molecule has 1 unspecified atom stereocenters. The maximum atomic E-state index is 5.98. The van der Waals surface area contributed by atoms with Crippen LogP contribution in [-0.2, 0) is 4.74 Å². The highest BCUT2D eigenvalue weighted by molar-refractivity contribution is 14.0. The molecule has 30 heavy (non-hydrogen) atoms. The summed E-state index contributed by atoms with van der Waals surface area (Å²) in [5, 5.41) is 6.98. The van der Waals surface area contributed by atoms with Gasteiger partial charge < -0.3 is 19.8 Å². The van der Waals surface area contributed by atoms with Crippen LogP contribution < -0.4 is 10.6 Å². The maximum Gasteiger partial charge on any atom is 0.191 e. The molecule has 0 radical (unpaired) electrons. The number of nitrogens with one attached hydrogen (secondary N) is 2. The SMILES string of the molecule is CCNC(=NCC(C)(C)N1CCOCC1)NCC(c1ccc(C)o1)N1CCCC1.I. The van der Waals surface area contributed by atoms with Gasteiger partial charge in [-0.05, 0) is 65.8 Å². The van der Waals surface area contributed by atoms with Gasteiger partial charge in [0.15, 0.2) is 5.96 Å². The second kappa shape index (κ2) is 12.3. The molecule has 1 atom stereocenters. The fraction of sp³-hybridized carbons (Fsp3) is 0.773. The monoisotopic (exact) mass is 533 g/mol. The van der Waals surface area contributed by atoms with Gasteiger partial charge in [-0.3, -0.25) is 14.8 Å². The molecule has 2 aliphatic rings. The highest BCUT2D eigenvalue weighted by Gasteiger charge is 2.29. The van der Waals surface area contributed by atoms with Gasteiger partial charge in [0, 0.05) is 31.7 Å². The molecule has 2 fully saturated rings. The van der Waals surface area contributed by atoms with Crippen molar-refractivity contribution in [2.45, 2.75) is 52.1 Å². The number of morpholine rings is 1. The molecule has 0 aromatic carbocycles. The highest BCUT2D eigenvalue weighted by Crippen LogP contribution is 2.26. The van der Waals surface area contributed by atoms with E-state index in [1.807, 2.05) is 6.92 Å². The van der Waals surface area contributed by atoms with E-state index in [-0.39, 0.29) is 35.6 Å². The molecule has 0 spiro atoms. The Labute approximate surface area is 199 Å². The molecule has 172 valence electrons. The summed E-state index contributed by atoms with van der Waals surface area (Å²) in [4.78, 5) is 9.92. The average molecular weight is 533 g/mol. The molecule has 0 amide bonds. The molecule has 3 heterocycles. The minimum Gasteiger partial charge on any atom is -0.465 e. The average Bonchev–Trinajstić information content (AvgIpc) is 3.39. The van der Waals surface area contributed by atoms with E-state index in [0.717, 1.165) is 76.5 Å². The fourth-order valence-corrected chi connectivity index (χ4v) is 4.17. The lowest BCUT2D eigenvalue weighted by Crippen LogP contribution is -2.52. The van der Waals surface area contributed by atoms with Crippen molar-refractivity contribution in [1.82, 2.24) is 20.4 Å². The van der Waals surface area contributed by atoms with E-state index in [9.17, 15) is 0 Å². The Hall–Kier alpha value is -0.840. The first-order valence-electron chi connectivity index (χ1n) is 11.1. The van der Waals surface area contributed by atoms with Crippen LogP contribution in [-0.4, -0.2) is 80.3 Å². The molecule has 8 heteroatoms. The van der Waals surface area contributed by atoms with Crippen molar-refractivity contribution in [1.29, 1.82) is 0 Å². The predicted molar refractivity (Wildman–Crippen MR) is 133 cm³/mol. The van der Waals surface area contributed by atoms with Crippen molar-refractivity contribution < 1.29 is 9.15 Å². The fourth-order valence-electron chi connectivity index (χ4n) is 4.17. The number of hydrogen-bond donors (Lipinski definition) is 2. The quantitative estimate of drug-likeness (QED) is 0.305. The second-order valence-electron chi connectivity index (χ2n) is 8.70. The second-order valence-corrected chi connectivity index (χ2v) is 8.70. The molecule has 3 rings (SSSR count). The first-order chi connectivity index (χ1) is 14.0. The molecule has 1 aromatic rings. The van der Waals surface area contributed by atoms with Crippen LogP contribution in [0.2, 0.25) is 0 Å². The van der Waals surface area contributed by atoms with E-state index in [4.69, 9.17) is 14.1 Å². The van der Waals surface area contributed by atoms with Crippen LogP contribution in [0.4, 0.5) is 0 Å². The first kappa shape index (κ1) is 25.4. The lowest BCUT2D eigenvalue weighted by atomic mass is 10.0. The van der Waals surface area contributed by atoms with Gasteiger partial charge in [0.1, 0.15) is 11.5 Å². The largest absolute Gasteiger partial charge is 0.465 e. The van der Waals surface area contributed by atoms with Crippen molar-refractivity contribution in [2.75, 3.05) is 59.0 Å². The Morgan fingerprint density at radius 2 is 1.83 bits per heavy atom. The predicted octanol–water partition coefficient (Wildman–Crippen LogP) is 3.01. The number of aliphatic imine (C=N–C) groups is 1. The van der Waals surface area contributed by atoms with Gasteiger partial charge in [0.05, 0.1) is 25.8 Å². The molecule has 0 aliphatic carbocycles. The van der Waals surface area contributed by atoms with Gasteiger partial charge in [0.25, 0.3) is 0 Å². The number of halogens is 1. The molecule has 0 saturated carbocycles. The summed E-state index contributed by atoms with van der Waals surface area (Å²) < 4.78 is 11.5. The van der Waals surface area contributed by atoms with Gasteiger partial charge in [-0.25, -0.2) is 0 Å². The number of nitrogens with zero attached hydrogens (tertiary/aromatic N) is 3. The van der Waals surface area contributed by atoms with Crippen molar-refractivity contribution in [3.63, 3.8) is 0 Å². The normalized spacial score (nSPS) is 20.1. The zero-order chi connectivity index (χ0) is 20.7. The summed E-state index contributed by atoms with van der Waals surface area (Å²) in [5.41, 5.74) is 0.0125. The Bertz CT molecular complexity index is 652. The van der Waals surface area contributed by atoms with Gasteiger partial charge >= 0.3 is 0 Å². The zero-order valence-corrected chi connectivity index (χ0v) is 21.4. The smallest absolute Gasteiger partial charge is 0.191 e. The van der Waals surface area contributed by atoms with Crippen molar-refractivity contribution in [2.24, 2.45) is 4.99 Å². The topological polar surface area (TPSA) is 65.3 Å². The summed E-state index contributed by atoms with van der Waals surface area (Å²) in [6.45, 7) is 16.9. The van der Waals surface area contributed by atoms with Crippen LogP contribution in [0.5, 0.6) is 0 Å². The van der Waals surface area contributed by atoms with Crippen molar-refractivity contribution >= 4 is 29.9 Å². The van der Waals surface area contributed by atoms with Crippen LogP contribution in [0.1, 0.15) is 51.2 Å². The third kappa shape index (κ3) is 7.10. The number of hydrogen-bond acceptors (Lipinski definition) is 5. The summed E-state index contributed by atoms with van der Waals surface area (Å²) >= 11 is 0. The summed E-state index contributed by atoms with van der Waals surface area (Å²) in [6, 6.07) is 4.41. The number of guanidine groups is 1. The minimum absolute atomic E-state index is 0. The lowest BCUT2D eigenvalue weighted by molar-refractivity contribution is -0.00684. The van der Waals surface area contributed by atoms with Crippen molar-refractivity contribution in [3.05, 3.63) is 23.7 Å². The van der Waals surface area contributed by atoms with E-state index in [1.165, 1.54) is 12.8 Å². The Balaban J connectivity index is 0.00000320. The van der Waals surface area contributed by atoms with Crippen LogP contribution in [0.3, 0.4) is 0 Å². The number of rotatable bonds is 8. The standard InChI is InChI=1S/C22H39N5O2.HI/c1-5-23-21(25-17-22(3,4)27-12-14-28-15-13-27)24-16-19(26-10-6-7-11-26)20-9-8-18(2)29-20;/h8-9,19H,5-7,10-17H2,1-4H3,(H2,23,24,25);1H. The molecular weight excluding hydrogens is 493 g/mol. The van der Waals surface area contributed by atoms with E-state index < -0.39 is 0 Å². The minimum atomic E-state index is 0. The van der Waals surface area contributed by atoms with Gasteiger partial charge in [-0.2, -0.15) is 0 Å². The Morgan fingerprint density at radius 1 is 1.13 bits per heavy atom.